The minimum Gasteiger partial charge on any atom is -0.477 e. The summed E-state index contributed by atoms with van der Waals surface area (Å²) in [6, 6.07) is 13.1. The van der Waals surface area contributed by atoms with Crippen molar-refractivity contribution in [2.45, 2.75) is 19.9 Å². The Morgan fingerprint density at radius 1 is 1.13 bits per heavy atom. The second-order valence-electron chi connectivity index (χ2n) is 7.37. The van der Waals surface area contributed by atoms with Gasteiger partial charge >= 0.3 is 0 Å². The maximum absolute atomic E-state index is 11.6. The number of aromatic nitrogens is 2. The quantitative estimate of drug-likeness (QED) is 0.271. The Morgan fingerprint density at radius 3 is 2.58 bits per heavy atom. The van der Waals surface area contributed by atoms with Crippen molar-refractivity contribution in [1.82, 2.24) is 14.9 Å². The fraction of sp³-hybridized carbons (Fsp3) is 0.364. The molecule has 2 N–H and O–H groups in total. The zero-order chi connectivity index (χ0) is 22.2. The van der Waals surface area contributed by atoms with Crippen molar-refractivity contribution < 1.29 is 9.66 Å². The maximum Gasteiger partial charge on any atom is 0.293 e. The average Bonchev–Trinajstić information content (AvgIpc) is 2.75. The summed E-state index contributed by atoms with van der Waals surface area (Å²) in [5.41, 5.74) is 2.07. The number of hydrogen-bond donors (Lipinski definition) is 2. The van der Waals surface area contributed by atoms with Crippen LogP contribution in [0.25, 0.3) is 10.9 Å². The molecule has 0 spiro atoms. The lowest BCUT2D eigenvalue weighted by molar-refractivity contribution is -0.383. The van der Waals surface area contributed by atoms with E-state index in [0.717, 1.165) is 18.5 Å². The van der Waals surface area contributed by atoms with Crippen molar-refractivity contribution in [3.05, 3.63) is 58.1 Å². The Balaban J connectivity index is 1.95. The Kier molecular flexibility index (Phi) is 7.55. The number of rotatable bonds is 11. The summed E-state index contributed by atoms with van der Waals surface area (Å²) in [7, 11) is 3.99. The molecule has 0 bridgehead atoms. The third-order valence-corrected chi connectivity index (χ3v) is 4.62. The van der Waals surface area contributed by atoms with Gasteiger partial charge in [-0.05, 0) is 39.1 Å². The number of fused-ring (bicyclic) bond motifs is 1. The number of nitro groups is 1. The molecule has 0 aliphatic heterocycles. The smallest absolute Gasteiger partial charge is 0.293 e. The normalized spacial score (nSPS) is 11.0. The van der Waals surface area contributed by atoms with Crippen molar-refractivity contribution in [3.63, 3.8) is 0 Å². The molecule has 1 aromatic heterocycles. The fourth-order valence-corrected chi connectivity index (χ4v) is 3.13. The highest BCUT2D eigenvalue weighted by atomic mass is 16.6. The summed E-state index contributed by atoms with van der Waals surface area (Å²) in [6.07, 6.45) is 0.808. The van der Waals surface area contributed by atoms with Crippen LogP contribution in [0.2, 0.25) is 0 Å². The van der Waals surface area contributed by atoms with Crippen LogP contribution in [0.1, 0.15) is 18.9 Å². The Bertz CT molecular complexity index is 1030. The maximum atomic E-state index is 11.6. The molecule has 0 amide bonds. The Labute approximate surface area is 181 Å². The van der Waals surface area contributed by atoms with Gasteiger partial charge in [0.1, 0.15) is 5.69 Å². The topological polar surface area (TPSA) is 105 Å². The highest BCUT2D eigenvalue weighted by Gasteiger charge is 2.19. The van der Waals surface area contributed by atoms with Gasteiger partial charge in [0.25, 0.3) is 5.69 Å². The molecule has 0 fully saturated rings. The first kappa shape index (κ1) is 22.2. The summed E-state index contributed by atoms with van der Waals surface area (Å²) in [6.45, 7) is 4.32. The van der Waals surface area contributed by atoms with E-state index in [2.05, 4.69) is 25.5 Å². The third-order valence-electron chi connectivity index (χ3n) is 4.62. The molecule has 0 aliphatic carbocycles. The predicted octanol–water partition coefficient (Wildman–Crippen LogP) is 3.91. The van der Waals surface area contributed by atoms with Gasteiger partial charge in [-0.2, -0.15) is 4.98 Å². The monoisotopic (exact) mass is 424 g/mol. The van der Waals surface area contributed by atoms with E-state index in [1.54, 1.807) is 6.07 Å². The standard InChI is InChI=1S/C22H28N6O3/c1-4-23-19-14-18-17(13-20(19)28(29)30)21(31-12-8-11-27(2)3)26-22(25-18)24-15-16-9-6-5-7-10-16/h5-7,9-10,13-14,23H,4,8,11-12,15H2,1-3H3,(H,24,25,26). The molecule has 1 heterocycles. The van der Waals surface area contributed by atoms with Gasteiger partial charge in [0.05, 0.1) is 22.4 Å². The molecule has 0 saturated heterocycles. The lowest BCUT2D eigenvalue weighted by atomic mass is 10.2. The van der Waals surface area contributed by atoms with Gasteiger partial charge in [-0.3, -0.25) is 10.1 Å². The van der Waals surface area contributed by atoms with Crippen LogP contribution < -0.4 is 15.4 Å². The molecule has 0 radical (unpaired) electrons. The van der Waals surface area contributed by atoms with Gasteiger partial charge in [0, 0.05) is 25.7 Å². The van der Waals surface area contributed by atoms with Crippen LogP contribution in [0.15, 0.2) is 42.5 Å². The van der Waals surface area contributed by atoms with Crippen molar-refractivity contribution in [2.75, 3.05) is 44.4 Å². The highest BCUT2D eigenvalue weighted by Crippen LogP contribution is 2.34. The SMILES string of the molecule is CCNc1cc2nc(NCc3ccccc3)nc(OCCCN(C)C)c2cc1[N+](=O)[O-]. The van der Waals surface area contributed by atoms with Crippen LogP contribution in [-0.2, 0) is 6.54 Å². The van der Waals surface area contributed by atoms with Crippen LogP contribution in [0, 0.1) is 10.1 Å². The van der Waals surface area contributed by atoms with Gasteiger partial charge in [-0.15, -0.1) is 0 Å². The van der Waals surface area contributed by atoms with Crippen molar-refractivity contribution in [2.24, 2.45) is 0 Å². The zero-order valence-corrected chi connectivity index (χ0v) is 18.1. The zero-order valence-electron chi connectivity index (χ0n) is 18.1. The van der Waals surface area contributed by atoms with Gasteiger partial charge in [0.15, 0.2) is 0 Å². The summed E-state index contributed by atoms with van der Waals surface area (Å²) >= 11 is 0. The highest BCUT2D eigenvalue weighted by molar-refractivity contribution is 5.91. The molecule has 164 valence electrons. The molecule has 3 rings (SSSR count). The van der Waals surface area contributed by atoms with Gasteiger partial charge < -0.3 is 20.3 Å². The van der Waals surface area contributed by atoms with E-state index in [-0.39, 0.29) is 5.69 Å². The lowest BCUT2D eigenvalue weighted by Crippen LogP contribution is -2.16. The van der Waals surface area contributed by atoms with Crippen LogP contribution in [0.4, 0.5) is 17.3 Å². The fourth-order valence-electron chi connectivity index (χ4n) is 3.13. The Morgan fingerprint density at radius 2 is 1.90 bits per heavy atom. The summed E-state index contributed by atoms with van der Waals surface area (Å²) in [5, 5.41) is 18.4. The Hall–Kier alpha value is -3.46. The van der Waals surface area contributed by atoms with Crippen LogP contribution in [0.5, 0.6) is 5.88 Å². The molecule has 2 aromatic carbocycles. The van der Waals surface area contributed by atoms with Crippen LogP contribution >= 0.6 is 0 Å². The second kappa shape index (κ2) is 10.5. The number of benzene rings is 2. The van der Waals surface area contributed by atoms with Crippen molar-refractivity contribution in [3.8, 4) is 5.88 Å². The van der Waals surface area contributed by atoms with Gasteiger partial charge in [-0.25, -0.2) is 4.98 Å². The first-order valence-electron chi connectivity index (χ1n) is 10.3. The number of nitrogens with zero attached hydrogens (tertiary/aromatic N) is 4. The molecular weight excluding hydrogens is 396 g/mol. The van der Waals surface area contributed by atoms with E-state index in [0.29, 0.717) is 48.1 Å². The minimum absolute atomic E-state index is 0.0268. The number of ether oxygens (including phenoxy) is 1. The number of anilines is 2. The first-order chi connectivity index (χ1) is 15.0. The van der Waals surface area contributed by atoms with E-state index in [9.17, 15) is 10.1 Å². The van der Waals surface area contributed by atoms with Gasteiger partial charge in [-0.1, -0.05) is 30.3 Å². The molecule has 0 unspecified atom stereocenters. The number of nitrogens with one attached hydrogen (secondary N) is 2. The molecule has 9 nitrogen and oxygen atoms in total. The van der Waals surface area contributed by atoms with Gasteiger partial charge in [0.2, 0.25) is 11.8 Å². The van der Waals surface area contributed by atoms with Crippen molar-refractivity contribution in [1.29, 1.82) is 0 Å². The average molecular weight is 425 g/mol. The van der Waals surface area contributed by atoms with E-state index in [1.165, 1.54) is 6.07 Å². The molecule has 3 aromatic rings. The van der Waals surface area contributed by atoms with Crippen molar-refractivity contribution >= 4 is 28.2 Å². The lowest BCUT2D eigenvalue weighted by Gasteiger charge is -2.14. The molecule has 0 atom stereocenters. The number of nitro benzene ring substituents is 1. The van der Waals surface area contributed by atoms with E-state index < -0.39 is 4.92 Å². The second-order valence-corrected chi connectivity index (χ2v) is 7.37. The minimum atomic E-state index is -0.408. The molecule has 31 heavy (non-hydrogen) atoms. The number of hydrogen-bond acceptors (Lipinski definition) is 8. The molecule has 0 aliphatic rings. The summed E-state index contributed by atoms with van der Waals surface area (Å²) in [4.78, 5) is 22.3. The molecule has 0 saturated carbocycles. The summed E-state index contributed by atoms with van der Waals surface area (Å²) in [5.74, 6) is 0.751. The van der Waals surface area contributed by atoms with E-state index in [1.807, 2.05) is 51.4 Å². The van der Waals surface area contributed by atoms with Crippen LogP contribution in [0.3, 0.4) is 0 Å². The van der Waals surface area contributed by atoms with E-state index >= 15 is 0 Å². The van der Waals surface area contributed by atoms with Crippen LogP contribution in [-0.4, -0.2) is 53.6 Å². The molecular formula is C22H28N6O3. The predicted molar refractivity (Wildman–Crippen MR) is 123 cm³/mol. The largest absolute Gasteiger partial charge is 0.477 e. The third kappa shape index (κ3) is 6.02. The summed E-state index contributed by atoms with van der Waals surface area (Å²) < 4.78 is 5.94. The van der Waals surface area contributed by atoms with E-state index in [4.69, 9.17) is 4.74 Å². The first-order valence-corrected chi connectivity index (χ1v) is 10.3. The molecule has 9 heteroatoms.